The lowest BCUT2D eigenvalue weighted by atomic mass is 10.3. The monoisotopic (exact) mass is 128 g/mol. The summed E-state index contributed by atoms with van der Waals surface area (Å²) in [7, 11) is 0. The van der Waals surface area contributed by atoms with E-state index in [1.165, 1.54) is 0 Å². The highest BCUT2D eigenvalue weighted by molar-refractivity contribution is 4.89. The number of nitrogens with one attached hydrogen (secondary N) is 1. The molecule has 0 amide bonds. The first-order chi connectivity index (χ1) is 4.20. The molecule has 52 valence electrons. The first-order valence-electron chi connectivity index (χ1n) is 2.97. The molecule has 0 fully saturated rings. The predicted molar refractivity (Wildman–Crippen MR) is 34.8 cm³/mol. The summed E-state index contributed by atoms with van der Waals surface area (Å²) in [6.45, 7) is 3.74. The zero-order valence-corrected chi connectivity index (χ0v) is 5.76. The fraction of sp³-hybridized carbons (Fsp3) is 0.833. The first-order valence-corrected chi connectivity index (χ1v) is 2.97. The number of nitrogens with zero attached hydrogens (tertiary/aromatic N) is 1. The van der Waals surface area contributed by atoms with Crippen LogP contribution in [0.5, 0.6) is 0 Å². The second-order valence-electron chi connectivity index (χ2n) is 2.19. The number of hydrogen-bond acceptors (Lipinski definition) is 3. The van der Waals surface area contributed by atoms with Crippen LogP contribution in [0.1, 0.15) is 13.8 Å². The maximum absolute atomic E-state index is 8.49. The van der Waals surface area contributed by atoms with Gasteiger partial charge in [-0.1, -0.05) is 0 Å². The molecule has 0 rings (SSSR count). The lowest BCUT2D eigenvalue weighted by molar-refractivity contribution is 0.261. The van der Waals surface area contributed by atoms with E-state index in [4.69, 9.17) is 10.4 Å². The van der Waals surface area contributed by atoms with Gasteiger partial charge >= 0.3 is 0 Å². The Morgan fingerprint density at radius 1 is 1.67 bits per heavy atom. The van der Waals surface area contributed by atoms with Crippen LogP contribution in [0.2, 0.25) is 0 Å². The Bertz CT molecular complexity index is 106. The summed E-state index contributed by atoms with van der Waals surface area (Å²) in [5.74, 6) is 0. The van der Waals surface area contributed by atoms with Crippen molar-refractivity contribution >= 4 is 0 Å². The van der Waals surface area contributed by atoms with Crippen molar-refractivity contribution in [1.82, 2.24) is 5.32 Å². The normalized spacial score (nSPS) is 13.2. The minimum absolute atomic E-state index is 0.116. The lowest BCUT2D eigenvalue weighted by Crippen LogP contribution is -2.36. The van der Waals surface area contributed by atoms with E-state index in [0.29, 0.717) is 0 Å². The third-order valence-electron chi connectivity index (χ3n) is 0.873. The Kier molecular flexibility index (Phi) is 4.02. The number of nitriles is 1. The molecule has 0 bridgehead atoms. The maximum Gasteiger partial charge on any atom is 0.119 e. The second-order valence-corrected chi connectivity index (χ2v) is 2.19. The lowest BCUT2D eigenvalue weighted by Gasteiger charge is -2.10. The van der Waals surface area contributed by atoms with Crippen LogP contribution in [0.25, 0.3) is 0 Å². The van der Waals surface area contributed by atoms with Gasteiger partial charge in [0.25, 0.3) is 0 Å². The van der Waals surface area contributed by atoms with Gasteiger partial charge in [0.2, 0.25) is 0 Å². The van der Waals surface area contributed by atoms with Crippen LogP contribution in [-0.4, -0.2) is 23.8 Å². The molecule has 3 heteroatoms. The highest BCUT2D eigenvalue weighted by Gasteiger charge is 2.04. The van der Waals surface area contributed by atoms with E-state index in [-0.39, 0.29) is 12.6 Å². The number of aliphatic hydroxyl groups is 1. The summed E-state index contributed by atoms with van der Waals surface area (Å²) in [5, 5.41) is 19.7. The molecule has 0 radical (unpaired) electrons. The third kappa shape index (κ3) is 3.95. The molecule has 0 heterocycles. The van der Waals surface area contributed by atoms with Crippen LogP contribution >= 0.6 is 0 Å². The maximum atomic E-state index is 8.49. The zero-order valence-electron chi connectivity index (χ0n) is 5.76. The van der Waals surface area contributed by atoms with E-state index in [0.717, 1.165) is 0 Å². The van der Waals surface area contributed by atoms with Gasteiger partial charge in [0, 0.05) is 6.04 Å². The highest BCUT2D eigenvalue weighted by Crippen LogP contribution is 1.82. The summed E-state index contributed by atoms with van der Waals surface area (Å²) in [4.78, 5) is 0. The molecule has 0 aliphatic carbocycles. The zero-order chi connectivity index (χ0) is 7.28. The minimum atomic E-state index is -0.412. The smallest absolute Gasteiger partial charge is 0.119 e. The van der Waals surface area contributed by atoms with Crippen molar-refractivity contribution in [3.63, 3.8) is 0 Å². The van der Waals surface area contributed by atoms with E-state index >= 15 is 0 Å². The van der Waals surface area contributed by atoms with Crippen LogP contribution in [0, 0.1) is 11.3 Å². The quantitative estimate of drug-likeness (QED) is 0.556. The summed E-state index contributed by atoms with van der Waals surface area (Å²) in [6.07, 6.45) is 0. The van der Waals surface area contributed by atoms with Gasteiger partial charge in [0.1, 0.15) is 6.04 Å². The van der Waals surface area contributed by atoms with Gasteiger partial charge < -0.3 is 5.11 Å². The molecule has 0 aliphatic heterocycles. The predicted octanol–water partition coefficient (Wildman–Crippen LogP) is -0.131. The van der Waals surface area contributed by atoms with Gasteiger partial charge in [-0.25, -0.2) is 0 Å². The van der Waals surface area contributed by atoms with Crippen molar-refractivity contribution in [3.05, 3.63) is 0 Å². The van der Waals surface area contributed by atoms with Crippen molar-refractivity contribution in [1.29, 1.82) is 5.26 Å². The van der Waals surface area contributed by atoms with Crippen LogP contribution in [0.3, 0.4) is 0 Å². The SMILES string of the molecule is CC(C)NC(C#N)CO. The standard InChI is InChI=1S/C6H12N2O/c1-5(2)8-6(3-7)4-9/h5-6,8-9H,4H2,1-2H3. The van der Waals surface area contributed by atoms with Gasteiger partial charge in [0.15, 0.2) is 0 Å². The van der Waals surface area contributed by atoms with Crippen LogP contribution in [0.4, 0.5) is 0 Å². The molecular formula is C6H12N2O. The fourth-order valence-electron chi connectivity index (χ4n) is 0.533. The van der Waals surface area contributed by atoms with Crippen molar-refractivity contribution in [3.8, 4) is 6.07 Å². The molecule has 1 atom stereocenters. The van der Waals surface area contributed by atoms with Crippen molar-refractivity contribution in [2.24, 2.45) is 0 Å². The number of aliphatic hydroxyl groups excluding tert-OH is 1. The average molecular weight is 128 g/mol. The molecule has 1 unspecified atom stereocenters. The molecule has 0 spiro atoms. The molecular weight excluding hydrogens is 116 g/mol. The summed E-state index contributed by atoms with van der Waals surface area (Å²) in [5.41, 5.74) is 0. The van der Waals surface area contributed by atoms with Gasteiger partial charge in [-0.15, -0.1) is 0 Å². The highest BCUT2D eigenvalue weighted by atomic mass is 16.3. The van der Waals surface area contributed by atoms with Crippen LogP contribution < -0.4 is 5.32 Å². The molecule has 0 saturated heterocycles. The van der Waals surface area contributed by atoms with Gasteiger partial charge in [-0.05, 0) is 13.8 Å². The Morgan fingerprint density at radius 2 is 2.22 bits per heavy atom. The van der Waals surface area contributed by atoms with E-state index in [1.54, 1.807) is 0 Å². The summed E-state index contributed by atoms with van der Waals surface area (Å²) >= 11 is 0. The molecule has 0 aromatic heterocycles. The second kappa shape index (κ2) is 4.30. The molecule has 0 aromatic carbocycles. The van der Waals surface area contributed by atoms with E-state index in [2.05, 4.69) is 5.32 Å². The van der Waals surface area contributed by atoms with Gasteiger partial charge in [-0.2, -0.15) is 5.26 Å². The Labute approximate surface area is 55.3 Å². The average Bonchev–Trinajstić information content (AvgIpc) is 1.82. The van der Waals surface area contributed by atoms with Gasteiger partial charge in [0.05, 0.1) is 12.7 Å². The van der Waals surface area contributed by atoms with Gasteiger partial charge in [-0.3, -0.25) is 5.32 Å². The largest absolute Gasteiger partial charge is 0.394 e. The Hall–Kier alpha value is -0.590. The molecule has 0 aromatic rings. The molecule has 2 N–H and O–H groups in total. The van der Waals surface area contributed by atoms with E-state index < -0.39 is 6.04 Å². The first kappa shape index (κ1) is 8.41. The van der Waals surface area contributed by atoms with Crippen molar-refractivity contribution in [2.75, 3.05) is 6.61 Å². The van der Waals surface area contributed by atoms with Crippen molar-refractivity contribution in [2.45, 2.75) is 25.9 Å². The van der Waals surface area contributed by atoms with Crippen LogP contribution in [0.15, 0.2) is 0 Å². The molecule has 0 saturated carbocycles. The molecule has 9 heavy (non-hydrogen) atoms. The molecule has 0 aliphatic rings. The Morgan fingerprint density at radius 3 is 2.33 bits per heavy atom. The van der Waals surface area contributed by atoms with E-state index in [1.807, 2.05) is 19.9 Å². The number of hydrogen-bond donors (Lipinski definition) is 2. The van der Waals surface area contributed by atoms with Crippen molar-refractivity contribution < 1.29 is 5.11 Å². The van der Waals surface area contributed by atoms with E-state index in [9.17, 15) is 0 Å². The summed E-state index contributed by atoms with van der Waals surface area (Å²) in [6, 6.07) is 1.76. The topological polar surface area (TPSA) is 56.0 Å². The summed E-state index contributed by atoms with van der Waals surface area (Å²) < 4.78 is 0. The Balaban J connectivity index is 3.47. The molecule has 3 nitrogen and oxygen atoms in total. The number of rotatable bonds is 3. The minimum Gasteiger partial charge on any atom is -0.394 e. The fourth-order valence-corrected chi connectivity index (χ4v) is 0.533. The third-order valence-corrected chi connectivity index (χ3v) is 0.873. The van der Waals surface area contributed by atoms with Crippen LogP contribution in [-0.2, 0) is 0 Å².